The van der Waals surface area contributed by atoms with E-state index in [4.69, 9.17) is 11.6 Å². The van der Waals surface area contributed by atoms with E-state index >= 15 is 0 Å². The van der Waals surface area contributed by atoms with Gasteiger partial charge in [-0.3, -0.25) is 0 Å². The lowest BCUT2D eigenvalue weighted by Gasteiger charge is -2.22. The predicted octanol–water partition coefficient (Wildman–Crippen LogP) is 5.24. The van der Waals surface area contributed by atoms with Crippen LogP contribution >= 0.6 is 11.6 Å². The van der Waals surface area contributed by atoms with E-state index in [0.717, 1.165) is 24.4 Å². The van der Waals surface area contributed by atoms with Crippen LogP contribution in [0.5, 0.6) is 0 Å². The first kappa shape index (κ1) is 16.1. The van der Waals surface area contributed by atoms with Gasteiger partial charge in [-0.05, 0) is 67.6 Å². The van der Waals surface area contributed by atoms with Gasteiger partial charge < -0.3 is 5.32 Å². The highest BCUT2D eigenvalue weighted by Crippen LogP contribution is 2.25. The topological polar surface area (TPSA) is 12.0 Å². The van der Waals surface area contributed by atoms with Crippen molar-refractivity contribution in [3.8, 4) is 0 Å². The highest BCUT2D eigenvalue weighted by Gasteiger charge is 2.14. The zero-order valence-electron chi connectivity index (χ0n) is 13.1. The summed E-state index contributed by atoms with van der Waals surface area (Å²) in [6.45, 7) is 7.61. The summed E-state index contributed by atoms with van der Waals surface area (Å²) in [5.41, 5.74) is 5.40. The zero-order valence-corrected chi connectivity index (χ0v) is 13.9. The van der Waals surface area contributed by atoms with Crippen LogP contribution in [0.15, 0.2) is 42.5 Å². The van der Waals surface area contributed by atoms with E-state index in [1.54, 1.807) is 0 Å². The van der Waals surface area contributed by atoms with E-state index in [2.05, 4.69) is 56.4 Å². The minimum absolute atomic E-state index is 0.336. The van der Waals surface area contributed by atoms with Gasteiger partial charge in [0.1, 0.15) is 0 Å². The van der Waals surface area contributed by atoms with E-state index in [0.29, 0.717) is 6.04 Å². The summed E-state index contributed by atoms with van der Waals surface area (Å²) in [4.78, 5) is 0. The first-order chi connectivity index (χ1) is 10.1. The molecule has 0 heterocycles. The largest absolute Gasteiger partial charge is 0.310 e. The molecule has 1 nitrogen and oxygen atoms in total. The molecule has 0 spiro atoms. The summed E-state index contributed by atoms with van der Waals surface area (Å²) >= 11 is 6.11. The molecule has 0 aliphatic rings. The third-order valence-corrected chi connectivity index (χ3v) is 4.23. The van der Waals surface area contributed by atoms with Crippen molar-refractivity contribution in [3.63, 3.8) is 0 Å². The Bertz CT molecular complexity index is 592. The molecule has 0 radical (unpaired) electrons. The highest BCUT2D eigenvalue weighted by molar-refractivity contribution is 6.30. The number of hydrogen-bond acceptors (Lipinski definition) is 1. The molecule has 0 saturated carbocycles. The molecule has 0 aliphatic carbocycles. The third kappa shape index (κ3) is 4.33. The number of nitrogens with one attached hydrogen (secondary N) is 1. The summed E-state index contributed by atoms with van der Waals surface area (Å²) < 4.78 is 0. The molecule has 2 rings (SSSR count). The van der Waals surface area contributed by atoms with Gasteiger partial charge in [0.15, 0.2) is 0 Å². The second-order valence-corrected chi connectivity index (χ2v) is 6.07. The monoisotopic (exact) mass is 301 g/mol. The maximum atomic E-state index is 6.11. The van der Waals surface area contributed by atoms with E-state index in [1.165, 1.54) is 22.3 Å². The van der Waals surface area contributed by atoms with Crippen molar-refractivity contribution in [2.75, 3.05) is 6.54 Å². The summed E-state index contributed by atoms with van der Waals surface area (Å²) in [6, 6.07) is 15.1. The summed E-state index contributed by atoms with van der Waals surface area (Å²) in [6.07, 6.45) is 2.10. The molecule has 21 heavy (non-hydrogen) atoms. The van der Waals surface area contributed by atoms with Crippen LogP contribution in [-0.2, 0) is 6.42 Å². The molecule has 1 atom stereocenters. The smallest absolute Gasteiger partial charge is 0.0408 e. The van der Waals surface area contributed by atoms with Crippen LogP contribution in [-0.4, -0.2) is 6.54 Å². The van der Waals surface area contributed by atoms with Gasteiger partial charge >= 0.3 is 0 Å². The van der Waals surface area contributed by atoms with Crippen LogP contribution in [0.3, 0.4) is 0 Å². The van der Waals surface area contributed by atoms with Crippen LogP contribution in [0.4, 0.5) is 0 Å². The Hall–Kier alpha value is -1.31. The van der Waals surface area contributed by atoms with Crippen molar-refractivity contribution in [1.82, 2.24) is 5.32 Å². The van der Waals surface area contributed by atoms with Gasteiger partial charge in [-0.25, -0.2) is 0 Å². The van der Waals surface area contributed by atoms with E-state index in [-0.39, 0.29) is 0 Å². The first-order valence-electron chi connectivity index (χ1n) is 7.65. The van der Waals surface area contributed by atoms with Gasteiger partial charge in [0.25, 0.3) is 0 Å². The van der Waals surface area contributed by atoms with Crippen molar-refractivity contribution in [2.24, 2.45) is 0 Å². The Kier molecular flexibility index (Phi) is 5.84. The molecule has 1 unspecified atom stereocenters. The number of aryl methyl sites for hydroxylation is 1. The number of benzene rings is 2. The standard InChI is InChI=1S/C19H24ClN/c1-4-11-21-19(13-16-8-6-9-17(20)12-16)18-10-5-7-14(2)15(18)3/h5-10,12,19,21H,4,11,13H2,1-3H3. The molecule has 0 aliphatic heterocycles. The van der Waals surface area contributed by atoms with Crippen LogP contribution < -0.4 is 5.32 Å². The van der Waals surface area contributed by atoms with Gasteiger partial charge in [-0.15, -0.1) is 0 Å². The number of halogens is 1. The molecular weight excluding hydrogens is 278 g/mol. The molecular formula is C19H24ClN. The molecule has 2 aromatic carbocycles. The lowest BCUT2D eigenvalue weighted by atomic mass is 9.93. The summed E-state index contributed by atoms with van der Waals surface area (Å²) in [7, 11) is 0. The minimum Gasteiger partial charge on any atom is -0.310 e. The van der Waals surface area contributed by atoms with Gasteiger partial charge in [-0.1, -0.05) is 48.9 Å². The van der Waals surface area contributed by atoms with Crippen molar-refractivity contribution in [1.29, 1.82) is 0 Å². The molecule has 0 bridgehead atoms. The maximum absolute atomic E-state index is 6.11. The Balaban J connectivity index is 2.27. The predicted molar refractivity (Wildman–Crippen MR) is 92.1 cm³/mol. The zero-order chi connectivity index (χ0) is 15.2. The van der Waals surface area contributed by atoms with Crippen LogP contribution in [0.25, 0.3) is 0 Å². The third-order valence-electron chi connectivity index (χ3n) is 3.99. The first-order valence-corrected chi connectivity index (χ1v) is 8.03. The Morgan fingerprint density at radius 3 is 2.57 bits per heavy atom. The van der Waals surface area contributed by atoms with Crippen LogP contribution in [0.1, 0.15) is 41.6 Å². The molecule has 112 valence electrons. The number of rotatable bonds is 6. The summed E-state index contributed by atoms with van der Waals surface area (Å²) in [5, 5.41) is 4.49. The maximum Gasteiger partial charge on any atom is 0.0408 e. The minimum atomic E-state index is 0.336. The fourth-order valence-electron chi connectivity index (χ4n) is 2.66. The van der Waals surface area contributed by atoms with Crippen molar-refractivity contribution in [2.45, 2.75) is 39.7 Å². The molecule has 0 fully saturated rings. The fraction of sp³-hybridized carbons (Fsp3) is 0.368. The SMILES string of the molecule is CCCNC(Cc1cccc(Cl)c1)c1cccc(C)c1C. The van der Waals surface area contributed by atoms with Gasteiger partial charge in [0.2, 0.25) is 0 Å². The molecule has 0 amide bonds. The quantitative estimate of drug-likeness (QED) is 0.769. The number of hydrogen-bond donors (Lipinski definition) is 1. The highest BCUT2D eigenvalue weighted by atomic mass is 35.5. The molecule has 0 saturated heterocycles. The average molecular weight is 302 g/mol. The van der Waals surface area contributed by atoms with Crippen molar-refractivity contribution < 1.29 is 0 Å². The second-order valence-electron chi connectivity index (χ2n) is 5.63. The van der Waals surface area contributed by atoms with Crippen molar-refractivity contribution >= 4 is 11.6 Å². The lowest BCUT2D eigenvalue weighted by Crippen LogP contribution is -2.25. The van der Waals surface area contributed by atoms with Crippen LogP contribution in [0, 0.1) is 13.8 Å². The average Bonchev–Trinajstić information content (AvgIpc) is 2.47. The Morgan fingerprint density at radius 1 is 1.10 bits per heavy atom. The Labute approximate surface area is 133 Å². The van der Waals surface area contributed by atoms with E-state index in [1.807, 2.05) is 12.1 Å². The molecule has 0 aromatic heterocycles. The summed E-state index contributed by atoms with van der Waals surface area (Å²) in [5.74, 6) is 0. The van der Waals surface area contributed by atoms with Crippen molar-refractivity contribution in [3.05, 3.63) is 69.7 Å². The molecule has 1 N–H and O–H groups in total. The fourth-order valence-corrected chi connectivity index (χ4v) is 2.87. The van der Waals surface area contributed by atoms with Crippen LogP contribution in [0.2, 0.25) is 5.02 Å². The van der Waals surface area contributed by atoms with Gasteiger partial charge in [-0.2, -0.15) is 0 Å². The van der Waals surface area contributed by atoms with Gasteiger partial charge in [0.05, 0.1) is 0 Å². The normalized spacial score (nSPS) is 12.4. The Morgan fingerprint density at radius 2 is 1.86 bits per heavy atom. The molecule has 2 aromatic rings. The lowest BCUT2D eigenvalue weighted by molar-refractivity contribution is 0.527. The van der Waals surface area contributed by atoms with E-state index < -0.39 is 0 Å². The molecule has 2 heteroatoms. The van der Waals surface area contributed by atoms with E-state index in [9.17, 15) is 0 Å². The van der Waals surface area contributed by atoms with Gasteiger partial charge in [0, 0.05) is 11.1 Å². The second kappa shape index (κ2) is 7.63.